The van der Waals surface area contributed by atoms with Gasteiger partial charge in [0, 0.05) is 28.4 Å². The van der Waals surface area contributed by atoms with Crippen molar-refractivity contribution < 1.29 is 14.3 Å². The molecule has 32 heavy (non-hydrogen) atoms. The lowest BCUT2D eigenvalue weighted by Crippen LogP contribution is -2.11. The smallest absolute Gasteiger partial charge is 0.255 e. The minimum atomic E-state index is -0.142. The molecule has 4 aromatic rings. The van der Waals surface area contributed by atoms with Crippen LogP contribution in [0.5, 0.6) is 11.5 Å². The van der Waals surface area contributed by atoms with Gasteiger partial charge in [0.25, 0.3) is 5.91 Å². The Morgan fingerprint density at radius 3 is 2.19 bits per heavy atom. The van der Waals surface area contributed by atoms with Gasteiger partial charge in [-0.1, -0.05) is 19.1 Å². The summed E-state index contributed by atoms with van der Waals surface area (Å²) in [6.45, 7) is 2.09. The van der Waals surface area contributed by atoms with E-state index in [1.807, 2.05) is 60.7 Å². The molecule has 0 saturated carbocycles. The van der Waals surface area contributed by atoms with Crippen LogP contribution in [0.2, 0.25) is 0 Å². The summed E-state index contributed by atoms with van der Waals surface area (Å²) in [5.74, 6) is 1.71. The maximum Gasteiger partial charge on any atom is 0.255 e. The quantitative estimate of drug-likeness (QED) is 0.421. The number of aromatic nitrogens is 2. The first-order valence-corrected chi connectivity index (χ1v) is 10.3. The highest BCUT2D eigenvalue weighted by molar-refractivity contribution is 6.04. The van der Waals surface area contributed by atoms with Crippen molar-refractivity contribution in [2.24, 2.45) is 0 Å². The van der Waals surface area contributed by atoms with Gasteiger partial charge in [-0.2, -0.15) is 0 Å². The Labute approximate surface area is 186 Å². The van der Waals surface area contributed by atoms with Crippen molar-refractivity contribution >= 4 is 34.0 Å². The van der Waals surface area contributed by atoms with E-state index in [0.717, 1.165) is 23.0 Å². The van der Waals surface area contributed by atoms with Gasteiger partial charge in [-0.3, -0.25) is 4.79 Å². The Kier molecular flexibility index (Phi) is 6.17. The van der Waals surface area contributed by atoms with Gasteiger partial charge in [0.05, 0.1) is 19.7 Å². The number of amides is 1. The number of rotatable bonds is 7. The fourth-order valence-electron chi connectivity index (χ4n) is 3.35. The van der Waals surface area contributed by atoms with Crippen molar-refractivity contribution in [2.45, 2.75) is 13.3 Å². The van der Waals surface area contributed by atoms with Crippen molar-refractivity contribution in [2.75, 3.05) is 24.9 Å². The fourth-order valence-corrected chi connectivity index (χ4v) is 3.35. The van der Waals surface area contributed by atoms with E-state index in [9.17, 15) is 4.79 Å². The lowest BCUT2D eigenvalue weighted by atomic mass is 10.1. The molecule has 0 unspecified atom stereocenters. The Balaban J connectivity index is 1.51. The Morgan fingerprint density at radius 1 is 0.875 bits per heavy atom. The second-order valence-electron chi connectivity index (χ2n) is 7.15. The topological polar surface area (TPSA) is 85.4 Å². The highest BCUT2D eigenvalue weighted by atomic mass is 16.5. The number of benzene rings is 3. The third-order valence-electron chi connectivity index (χ3n) is 5.17. The molecule has 2 N–H and O–H groups in total. The number of aryl methyl sites for hydroxylation is 1. The average Bonchev–Trinajstić information content (AvgIpc) is 2.84. The van der Waals surface area contributed by atoms with Crippen LogP contribution in [0.25, 0.3) is 10.9 Å². The number of hydrogen-bond donors (Lipinski definition) is 2. The largest absolute Gasteiger partial charge is 0.493 e. The number of carbonyl (C=O) groups excluding carboxylic acids is 1. The molecule has 1 amide bonds. The zero-order chi connectivity index (χ0) is 22.5. The van der Waals surface area contributed by atoms with Crippen molar-refractivity contribution in [3.05, 3.63) is 78.1 Å². The van der Waals surface area contributed by atoms with Gasteiger partial charge in [-0.05, 0) is 54.4 Å². The second kappa shape index (κ2) is 9.34. The summed E-state index contributed by atoms with van der Waals surface area (Å²) in [7, 11) is 3.18. The van der Waals surface area contributed by atoms with Crippen LogP contribution in [-0.2, 0) is 6.42 Å². The van der Waals surface area contributed by atoms with Gasteiger partial charge in [0.15, 0.2) is 11.5 Å². The second-order valence-corrected chi connectivity index (χ2v) is 7.15. The summed E-state index contributed by atoms with van der Waals surface area (Å²) < 4.78 is 10.8. The maximum atomic E-state index is 12.5. The van der Waals surface area contributed by atoms with Crippen LogP contribution >= 0.6 is 0 Å². The number of anilines is 3. The molecule has 0 fully saturated rings. The molecule has 0 radical (unpaired) electrons. The minimum Gasteiger partial charge on any atom is -0.493 e. The van der Waals surface area contributed by atoms with Gasteiger partial charge in [-0.25, -0.2) is 9.97 Å². The molecule has 1 heterocycles. The van der Waals surface area contributed by atoms with Gasteiger partial charge >= 0.3 is 0 Å². The minimum absolute atomic E-state index is 0.142. The predicted molar refractivity (Wildman–Crippen MR) is 126 cm³/mol. The van der Waals surface area contributed by atoms with Crippen molar-refractivity contribution in [1.82, 2.24) is 9.97 Å². The van der Waals surface area contributed by atoms with E-state index < -0.39 is 0 Å². The van der Waals surface area contributed by atoms with Crippen LogP contribution in [0.4, 0.5) is 17.2 Å². The Hall–Kier alpha value is -4.13. The van der Waals surface area contributed by atoms with Crippen molar-refractivity contribution in [3.8, 4) is 11.5 Å². The number of nitrogens with one attached hydrogen (secondary N) is 2. The molecule has 162 valence electrons. The lowest BCUT2D eigenvalue weighted by molar-refractivity contribution is 0.102. The highest BCUT2D eigenvalue weighted by Gasteiger charge is 2.11. The molecule has 4 rings (SSSR count). The molecule has 0 bridgehead atoms. The first-order valence-electron chi connectivity index (χ1n) is 10.3. The van der Waals surface area contributed by atoms with Crippen LogP contribution < -0.4 is 20.1 Å². The third kappa shape index (κ3) is 4.46. The number of ether oxygens (including phenoxy) is 2. The van der Waals surface area contributed by atoms with Gasteiger partial charge < -0.3 is 20.1 Å². The number of methoxy groups -OCH3 is 2. The number of fused-ring (bicyclic) bond motifs is 1. The van der Waals surface area contributed by atoms with E-state index in [2.05, 4.69) is 27.5 Å². The molecule has 0 aliphatic heterocycles. The molecular weight excluding hydrogens is 404 g/mol. The zero-order valence-corrected chi connectivity index (χ0v) is 18.2. The van der Waals surface area contributed by atoms with Crippen LogP contribution in [0.15, 0.2) is 67.0 Å². The molecule has 0 aliphatic carbocycles. The van der Waals surface area contributed by atoms with Crippen LogP contribution in [0.1, 0.15) is 22.8 Å². The van der Waals surface area contributed by atoms with Crippen molar-refractivity contribution in [3.63, 3.8) is 0 Å². The third-order valence-corrected chi connectivity index (χ3v) is 5.17. The molecule has 1 aromatic heterocycles. The molecule has 0 spiro atoms. The van der Waals surface area contributed by atoms with E-state index in [1.54, 1.807) is 14.2 Å². The van der Waals surface area contributed by atoms with E-state index >= 15 is 0 Å². The monoisotopic (exact) mass is 428 g/mol. The molecule has 0 aliphatic rings. The molecule has 0 atom stereocenters. The number of hydrogen-bond acceptors (Lipinski definition) is 6. The Morgan fingerprint density at radius 2 is 1.53 bits per heavy atom. The molecule has 7 nitrogen and oxygen atoms in total. The SMILES string of the molecule is CCc1ccc(C(=O)Nc2ccc(Nc3ncnc4cc(OC)c(OC)cc34)cc2)cc1. The molecule has 7 heteroatoms. The standard InChI is InChI=1S/C25H24N4O3/c1-4-16-5-7-17(8-6-16)25(30)29-19-11-9-18(10-12-19)28-24-20-13-22(31-2)23(32-3)14-21(20)26-15-27-24/h5-15H,4H2,1-3H3,(H,29,30)(H,26,27,28). The fraction of sp³-hybridized carbons (Fsp3) is 0.160. The normalized spacial score (nSPS) is 10.6. The van der Waals surface area contributed by atoms with E-state index in [-0.39, 0.29) is 5.91 Å². The predicted octanol–water partition coefficient (Wildman–Crippen LogP) is 5.21. The number of nitrogens with zero attached hydrogens (tertiary/aromatic N) is 2. The van der Waals surface area contributed by atoms with E-state index in [1.165, 1.54) is 11.9 Å². The van der Waals surface area contributed by atoms with Crippen LogP contribution in [0, 0.1) is 0 Å². The summed E-state index contributed by atoms with van der Waals surface area (Å²) in [5, 5.41) is 7.03. The average molecular weight is 428 g/mol. The summed E-state index contributed by atoms with van der Waals surface area (Å²) in [5.41, 5.74) is 4.09. The van der Waals surface area contributed by atoms with Crippen LogP contribution in [-0.4, -0.2) is 30.1 Å². The van der Waals surface area contributed by atoms with Crippen molar-refractivity contribution in [1.29, 1.82) is 0 Å². The first-order chi connectivity index (χ1) is 15.6. The van der Waals surface area contributed by atoms with Gasteiger partial charge in [-0.15, -0.1) is 0 Å². The summed E-state index contributed by atoms with van der Waals surface area (Å²) in [4.78, 5) is 21.2. The first kappa shape index (κ1) is 21.1. The number of carbonyl (C=O) groups is 1. The van der Waals surface area contributed by atoms with Crippen LogP contribution in [0.3, 0.4) is 0 Å². The molecule has 3 aromatic carbocycles. The molecule has 0 saturated heterocycles. The van der Waals surface area contributed by atoms with Gasteiger partial charge in [0.2, 0.25) is 0 Å². The zero-order valence-electron chi connectivity index (χ0n) is 18.2. The Bertz CT molecular complexity index is 1240. The molecular formula is C25H24N4O3. The summed E-state index contributed by atoms with van der Waals surface area (Å²) in [6.07, 6.45) is 2.44. The maximum absolute atomic E-state index is 12.5. The lowest BCUT2D eigenvalue weighted by Gasteiger charge is -2.12. The van der Waals surface area contributed by atoms with Gasteiger partial charge in [0.1, 0.15) is 12.1 Å². The van der Waals surface area contributed by atoms with E-state index in [0.29, 0.717) is 28.6 Å². The highest BCUT2D eigenvalue weighted by Crippen LogP contribution is 2.34. The summed E-state index contributed by atoms with van der Waals surface area (Å²) >= 11 is 0. The summed E-state index contributed by atoms with van der Waals surface area (Å²) in [6, 6.07) is 18.7. The van der Waals surface area contributed by atoms with E-state index in [4.69, 9.17) is 9.47 Å².